The molecule has 122 valence electrons. The largest absolute Gasteiger partial charge is 0.459 e. The fraction of sp³-hybridized carbons (Fsp3) is 0.125. The van der Waals surface area contributed by atoms with Crippen LogP contribution in [-0.4, -0.2) is 25.9 Å². The predicted molar refractivity (Wildman–Crippen MR) is 84.1 cm³/mol. The van der Waals surface area contributed by atoms with Crippen LogP contribution in [0.5, 0.6) is 0 Å². The van der Waals surface area contributed by atoms with Gasteiger partial charge in [-0.3, -0.25) is 9.78 Å². The number of nitrogens with zero attached hydrogens (tertiary/aromatic N) is 4. The zero-order valence-electron chi connectivity index (χ0n) is 12.4. The lowest BCUT2D eigenvalue weighted by molar-refractivity contribution is -0.144. The third-order valence-corrected chi connectivity index (χ3v) is 3.38. The molecule has 0 saturated carbocycles. The summed E-state index contributed by atoms with van der Waals surface area (Å²) in [6.07, 6.45) is 2.68. The number of carbonyl (C=O) groups excluding carboxylic acids is 1. The van der Waals surface area contributed by atoms with E-state index in [1.807, 2.05) is 0 Å². The predicted octanol–water partition coefficient (Wildman–Crippen LogP) is 2.74. The van der Waals surface area contributed by atoms with Crippen molar-refractivity contribution in [1.82, 2.24) is 20.0 Å². The Balaban J connectivity index is 1.56. The van der Waals surface area contributed by atoms with Crippen molar-refractivity contribution in [3.63, 3.8) is 0 Å². The minimum atomic E-state index is -0.477. The van der Waals surface area contributed by atoms with Crippen LogP contribution in [0.3, 0.4) is 0 Å². The number of benzene rings is 1. The van der Waals surface area contributed by atoms with Crippen molar-refractivity contribution >= 4 is 17.6 Å². The molecule has 3 aromatic rings. The molecule has 0 N–H and O–H groups in total. The molecule has 24 heavy (non-hydrogen) atoms. The summed E-state index contributed by atoms with van der Waals surface area (Å²) in [7, 11) is 0. The van der Waals surface area contributed by atoms with Crippen molar-refractivity contribution in [2.45, 2.75) is 13.0 Å². The van der Waals surface area contributed by atoms with Crippen LogP contribution < -0.4 is 0 Å². The Labute approximate surface area is 141 Å². The molecule has 0 bridgehead atoms. The third-order valence-electron chi connectivity index (χ3n) is 3.13. The Morgan fingerprint density at radius 1 is 1.17 bits per heavy atom. The fourth-order valence-electron chi connectivity index (χ4n) is 1.95. The standard InChI is InChI=1S/C16H12ClFN4O2/c17-11-1-5-15(6-2-11)22-9-14(20-21-22)10-24-16(23)7-13-4-3-12(18)8-19-13/h1-6,8-9H,7,10H2. The second-order valence-corrected chi connectivity index (χ2v) is 5.37. The SMILES string of the molecule is O=C(Cc1ccc(F)cn1)OCc1cn(-c2ccc(Cl)cc2)nn1. The normalized spacial score (nSPS) is 10.6. The number of halogens is 2. The first-order chi connectivity index (χ1) is 11.6. The third kappa shape index (κ3) is 4.14. The van der Waals surface area contributed by atoms with Gasteiger partial charge in [-0.15, -0.1) is 5.10 Å². The number of esters is 1. The number of pyridine rings is 1. The molecule has 0 atom stereocenters. The van der Waals surface area contributed by atoms with Gasteiger partial charge in [0.05, 0.1) is 30.2 Å². The molecule has 0 radical (unpaired) electrons. The van der Waals surface area contributed by atoms with Crippen LogP contribution in [-0.2, 0) is 22.6 Å². The van der Waals surface area contributed by atoms with Gasteiger partial charge in [-0.2, -0.15) is 0 Å². The zero-order valence-corrected chi connectivity index (χ0v) is 13.2. The number of rotatable bonds is 5. The first-order valence-electron chi connectivity index (χ1n) is 7.03. The van der Waals surface area contributed by atoms with Crippen molar-refractivity contribution in [1.29, 1.82) is 0 Å². The quantitative estimate of drug-likeness (QED) is 0.664. The summed E-state index contributed by atoms with van der Waals surface area (Å²) in [6.45, 7) is -0.00633. The summed E-state index contributed by atoms with van der Waals surface area (Å²) >= 11 is 5.84. The van der Waals surface area contributed by atoms with Crippen LogP contribution in [0.15, 0.2) is 48.8 Å². The van der Waals surface area contributed by atoms with Gasteiger partial charge in [-0.25, -0.2) is 9.07 Å². The van der Waals surface area contributed by atoms with E-state index in [0.29, 0.717) is 16.4 Å². The topological polar surface area (TPSA) is 69.9 Å². The summed E-state index contributed by atoms with van der Waals surface area (Å²) in [5.41, 5.74) is 1.73. The van der Waals surface area contributed by atoms with Gasteiger partial charge in [-0.05, 0) is 36.4 Å². The second kappa shape index (κ2) is 7.18. The van der Waals surface area contributed by atoms with Crippen molar-refractivity contribution < 1.29 is 13.9 Å². The minimum Gasteiger partial charge on any atom is -0.459 e. The van der Waals surface area contributed by atoms with Gasteiger partial charge in [0.1, 0.15) is 18.1 Å². The van der Waals surface area contributed by atoms with Gasteiger partial charge in [0, 0.05) is 5.02 Å². The molecule has 3 rings (SSSR count). The van der Waals surface area contributed by atoms with E-state index < -0.39 is 11.8 Å². The van der Waals surface area contributed by atoms with E-state index in [1.165, 1.54) is 12.1 Å². The van der Waals surface area contributed by atoms with Gasteiger partial charge >= 0.3 is 5.97 Å². The van der Waals surface area contributed by atoms with Gasteiger partial charge in [0.2, 0.25) is 0 Å². The summed E-state index contributed by atoms with van der Waals surface area (Å²) < 4.78 is 19.4. The molecule has 0 aliphatic rings. The summed E-state index contributed by atoms with van der Waals surface area (Å²) in [5.74, 6) is -0.930. The number of aromatic nitrogens is 4. The smallest absolute Gasteiger partial charge is 0.312 e. The zero-order chi connectivity index (χ0) is 16.9. The fourth-order valence-corrected chi connectivity index (χ4v) is 2.07. The van der Waals surface area contributed by atoms with Gasteiger partial charge in [0.25, 0.3) is 0 Å². The Bertz CT molecular complexity index is 834. The molecule has 0 aliphatic heterocycles. The van der Waals surface area contributed by atoms with Crippen LogP contribution in [0, 0.1) is 5.82 Å². The molecule has 2 aromatic heterocycles. The average molecular weight is 347 g/mol. The highest BCUT2D eigenvalue weighted by Gasteiger charge is 2.09. The molecule has 6 nitrogen and oxygen atoms in total. The molecule has 0 fully saturated rings. The molecule has 2 heterocycles. The Morgan fingerprint density at radius 2 is 1.96 bits per heavy atom. The molecular weight excluding hydrogens is 335 g/mol. The maximum atomic E-state index is 12.8. The van der Waals surface area contributed by atoms with E-state index in [2.05, 4.69) is 15.3 Å². The van der Waals surface area contributed by atoms with E-state index in [0.717, 1.165) is 11.9 Å². The highest BCUT2D eigenvalue weighted by Crippen LogP contribution is 2.13. The number of hydrogen-bond donors (Lipinski definition) is 0. The Hall–Kier alpha value is -2.80. The lowest BCUT2D eigenvalue weighted by Gasteiger charge is -2.02. The van der Waals surface area contributed by atoms with E-state index in [1.54, 1.807) is 35.1 Å². The lowest BCUT2D eigenvalue weighted by Crippen LogP contribution is -2.09. The summed E-state index contributed by atoms with van der Waals surface area (Å²) in [5, 5.41) is 8.54. The monoisotopic (exact) mass is 346 g/mol. The number of ether oxygens (including phenoxy) is 1. The maximum absolute atomic E-state index is 12.8. The summed E-state index contributed by atoms with van der Waals surface area (Å²) in [6, 6.07) is 9.77. The van der Waals surface area contributed by atoms with E-state index in [9.17, 15) is 9.18 Å². The van der Waals surface area contributed by atoms with Crippen molar-refractivity contribution in [2.75, 3.05) is 0 Å². The van der Waals surface area contributed by atoms with Crippen LogP contribution in [0.4, 0.5) is 4.39 Å². The Morgan fingerprint density at radius 3 is 2.67 bits per heavy atom. The minimum absolute atomic E-state index is 0.00633. The van der Waals surface area contributed by atoms with Crippen LogP contribution >= 0.6 is 11.6 Å². The molecule has 0 saturated heterocycles. The Kier molecular flexibility index (Phi) is 4.81. The summed E-state index contributed by atoms with van der Waals surface area (Å²) in [4.78, 5) is 15.6. The second-order valence-electron chi connectivity index (χ2n) is 4.94. The maximum Gasteiger partial charge on any atom is 0.312 e. The molecule has 0 aliphatic carbocycles. The average Bonchev–Trinajstić information content (AvgIpc) is 3.05. The lowest BCUT2D eigenvalue weighted by atomic mass is 10.3. The van der Waals surface area contributed by atoms with Crippen LogP contribution in [0.2, 0.25) is 5.02 Å². The molecule has 0 amide bonds. The molecule has 0 unspecified atom stereocenters. The van der Waals surface area contributed by atoms with Gasteiger partial charge in [-0.1, -0.05) is 16.8 Å². The molecule has 0 spiro atoms. The highest BCUT2D eigenvalue weighted by molar-refractivity contribution is 6.30. The molecular formula is C16H12ClFN4O2. The molecule has 1 aromatic carbocycles. The highest BCUT2D eigenvalue weighted by atomic mass is 35.5. The van der Waals surface area contributed by atoms with E-state index in [4.69, 9.17) is 16.3 Å². The van der Waals surface area contributed by atoms with E-state index in [-0.39, 0.29) is 13.0 Å². The van der Waals surface area contributed by atoms with Gasteiger partial charge < -0.3 is 4.74 Å². The first-order valence-corrected chi connectivity index (χ1v) is 7.41. The van der Waals surface area contributed by atoms with Crippen molar-refractivity contribution in [2.24, 2.45) is 0 Å². The van der Waals surface area contributed by atoms with Crippen LogP contribution in [0.25, 0.3) is 5.69 Å². The van der Waals surface area contributed by atoms with Crippen molar-refractivity contribution in [3.05, 3.63) is 71.0 Å². The van der Waals surface area contributed by atoms with Crippen molar-refractivity contribution in [3.8, 4) is 5.69 Å². The van der Waals surface area contributed by atoms with E-state index >= 15 is 0 Å². The van der Waals surface area contributed by atoms with Crippen LogP contribution in [0.1, 0.15) is 11.4 Å². The molecule has 8 heteroatoms. The number of hydrogen-bond acceptors (Lipinski definition) is 5. The van der Waals surface area contributed by atoms with Gasteiger partial charge in [0.15, 0.2) is 0 Å². The number of carbonyl (C=O) groups is 1. The first kappa shape index (κ1) is 16.1.